The molecule has 8 heteroatoms. The first-order valence-electron chi connectivity index (χ1n) is 9.92. The number of carbonyl (C=O) groups excluding carboxylic acids is 2. The number of rotatable bonds is 6. The van der Waals surface area contributed by atoms with Crippen molar-refractivity contribution in [2.75, 3.05) is 11.9 Å². The van der Waals surface area contributed by atoms with Gasteiger partial charge < -0.3 is 15.5 Å². The van der Waals surface area contributed by atoms with Crippen LogP contribution < -0.4 is 10.6 Å². The molecule has 3 heterocycles. The summed E-state index contributed by atoms with van der Waals surface area (Å²) in [7, 11) is 0. The van der Waals surface area contributed by atoms with Crippen LogP contribution in [0.25, 0.3) is 0 Å². The highest BCUT2D eigenvalue weighted by molar-refractivity contribution is 5.99. The van der Waals surface area contributed by atoms with Crippen LogP contribution in [0, 0.1) is 0 Å². The van der Waals surface area contributed by atoms with Gasteiger partial charge in [0.15, 0.2) is 0 Å². The van der Waals surface area contributed by atoms with E-state index in [2.05, 4.69) is 20.7 Å². The Labute approximate surface area is 174 Å². The van der Waals surface area contributed by atoms with Gasteiger partial charge in [0.05, 0.1) is 48.8 Å². The Hall–Kier alpha value is -3.68. The molecule has 2 aromatic heterocycles. The Bertz CT molecular complexity index is 1050. The number of anilines is 1. The van der Waals surface area contributed by atoms with Crippen molar-refractivity contribution < 1.29 is 9.59 Å². The molecule has 0 saturated carbocycles. The van der Waals surface area contributed by atoms with E-state index < -0.39 is 0 Å². The van der Waals surface area contributed by atoms with Crippen LogP contribution in [0.15, 0.2) is 54.7 Å². The second-order valence-electron chi connectivity index (χ2n) is 7.21. The molecule has 8 nitrogen and oxygen atoms in total. The third kappa shape index (κ3) is 4.48. The van der Waals surface area contributed by atoms with E-state index in [-0.39, 0.29) is 11.8 Å². The van der Waals surface area contributed by atoms with E-state index in [0.29, 0.717) is 38.3 Å². The van der Waals surface area contributed by atoms with Crippen LogP contribution in [0.1, 0.15) is 34.4 Å². The average Bonchev–Trinajstić information content (AvgIpc) is 3.19. The van der Waals surface area contributed by atoms with Crippen molar-refractivity contribution in [1.29, 1.82) is 0 Å². The van der Waals surface area contributed by atoms with E-state index in [0.717, 1.165) is 22.8 Å². The van der Waals surface area contributed by atoms with Gasteiger partial charge in [-0.15, -0.1) is 0 Å². The van der Waals surface area contributed by atoms with E-state index in [1.807, 2.05) is 58.1 Å². The zero-order valence-corrected chi connectivity index (χ0v) is 16.8. The Kier molecular flexibility index (Phi) is 5.74. The molecular weight excluding hydrogens is 380 g/mol. The fourth-order valence-corrected chi connectivity index (χ4v) is 3.48. The Balaban J connectivity index is 1.46. The van der Waals surface area contributed by atoms with Crippen molar-refractivity contribution in [2.45, 2.75) is 33.1 Å². The van der Waals surface area contributed by atoms with Gasteiger partial charge in [0, 0.05) is 25.4 Å². The van der Waals surface area contributed by atoms with Crippen molar-refractivity contribution in [3.63, 3.8) is 0 Å². The minimum absolute atomic E-state index is 0.0185. The number of carbonyl (C=O) groups is 2. The summed E-state index contributed by atoms with van der Waals surface area (Å²) in [5.41, 5.74) is 4.10. The summed E-state index contributed by atoms with van der Waals surface area (Å²) in [6, 6.07) is 15.3. The molecule has 2 amide bonds. The van der Waals surface area contributed by atoms with Crippen molar-refractivity contribution in [3.8, 4) is 0 Å². The number of aromatic nitrogens is 3. The largest absolute Gasteiger partial charge is 0.379 e. The van der Waals surface area contributed by atoms with Crippen molar-refractivity contribution >= 4 is 17.5 Å². The summed E-state index contributed by atoms with van der Waals surface area (Å²) in [4.78, 5) is 30.5. The summed E-state index contributed by atoms with van der Waals surface area (Å²) in [5.74, 6) is -0.109. The Morgan fingerprint density at radius 3 is 2.67 bits per heavy atom. The van der Waals surface area contributed by atoms with Gasteiger partial charge >= 0.3 is 0 Å². The minimum Gasteiger partial charge on any atom is -0.379 e. The molecule has 0 bridgehead atoms. The number of benzene rings is 1. The van der Waals surface area contributed by atoms with E-state index in [4.69, 9.17) is 0 Å². The smallest absolute Gasteiger partial charge is 0.256 e. The fourth-order valence-electron chi connectivity index (χ4n) is 3.48. The zero-order chi connectivity index (χ0) is 20.9. The molecule has 4 rings (SSSR count). The second kappa shape index (κ2) is 8.77. The van der Waals surface area contributed by atoms with Gasteiger partial charge in [-0.3, -0.25) is 19.3 Å². The quantitative estimate of drug-likeness (QED) is 0.657. The summed E-state index contributed by atoms with van der Waals surface area (Å²) in [6.45, 7) is 4.12. The van der Waals surface area contributed by atoms with Crippen LogP contribution in [0.2, 0.25) is 0 Å². The van der Waals surface area contributed by atoms with Crippen molar-refractivity contribution in [3.05, 3.63) is 77.4 Å². The molecule has 3 aromatic rings. The minimum atomic E-state index is -0.0902. The lowest BCUT2D eigenvalue weighted by atomic mass is 10.1. The molecule has 0 saturated heterocycles. The topological polar surface area (TPSA) is 92.2 Å². The van der Waals surface area contributed by atoms with Gasteiger partial charge in [0.2, 0.25) is 5.91 Å². The Morgan fingerprint density at radius 1 is 1.03 bits per heavy atom. The second-order valence-corrected chi connectivity index (χ2v) is 7.21. The predicted octanol–water partition coefficient (Wildman–Crippen LogP) is 2.18. The molecule has 0 atom stereocenters. The fraction of sp³-hybridized carbons (Fsp3) is 0.273. The van der Waals surface area contributed by atoms with E-state index in [1.165, 1.54) is 6.92 Å². The lowest BCUT2D eigenvalue weighted by Gasteiger charge is -2.28. The maximum atomic E-state index is 13.2. The molecule has 1 aliphatic rings. The number of hydrogen-bond donors (Lipinski definition) is 2. The molecule has 1 aromatic carbocycles. The van der Waals surface area contributed by atoms with Gasteiger partial charge in [-0.2, -0.15) is 5.10 Å². The van der Waals surface area contributed by atoms with Crippen LogP contribution in [0.3, 0.4) is 0 Å². The molecule has 30 heavy (non-hydrogen) atoms. The highest BCUT2D eigenvalue weighted by atomic mass is 16.2. The number of nitrogens with zero attached hydrogens (tertiary/aromatic N) is 4. The first kappa shape index (κ1) is 19.6. The van der Waals surface area contributed by atoms with Gasteiger partial charge in [-0.25, -0.2) is 0 Å². The van der Waals surface area contributed by atoms with E-state index in [1.54, 1.807) is 6.20 Å². The number of pyridine rings is 1. The normalized spacial score (nSPS) is 12.9. The monoisotopic (exact) mass is 404 g/mol. The van der Waals surface area contributed by atoms with Gasteiger partial charge in [0.25, 0.3) is 5.91 Å². The SMILES string of the molecule is CC(=O)NCc1cc2n(n1)CCN(C(=O)c1ccccc1NCc1ccccn1)C2. The van der Waals surface area contributed by atoms with Crippen molar-refractivity contribution in [2.24, 2.45) is 0 Å². The van der Waals surface area contributed by atoms with Crippen molar-refractivity contribution in [1.82, 2.24) is 25.0 Å². The van der Waals surface area contributed by atoms with Gasteiger partial charge in [-0.1, -0.05) is 18.2 Å². The lowest BCUT2D eigenvalue weighted by molar-refractivity contribution is -0.119. The van der Waals surface area contributed by atoms with E-state index in [9.17, 15) is 9.59 Å². The molecule has 0 aliphatic carbocycles. The molecule has 0 unspecified atom stereocenters. The third-order valence-electron chi connectivity index (χ3n) is 5.00. The zero-order valence-electron chi connectivity index (χ0n) is 16.8. The first-order chi connectivity index (χ1) is 14.6. The van der Waals surface area contributed by atoms with Crippen LogP contribution in [-0.2, 0) is 31.0 Å². The molecule has 0 radical (unpaired) electrons. The van der Waals surface area contributed by atoms with Crippen LogP contribution >= 0.6 is 0 Å². The van der Waals surface area contributed by atoms with Crippen LogP contribution in [0.4, 0.5) is 5.69 Å². The summed E-state index contributed by atoms with van der Waals surface area (Å²) >= 11 is 0. The summed E-state index contributed by atoms with van der Waals surface area (Å²) in [5, 5.41) is 10.6. The summed E-state index contributed by atoms with van der Waals surface area (Å²) < 4.78 is 1.91. The Morgan fingerprint density at radius 2 is 1.87 bits per heavy atom. The maximum absolute atomic E-state index is 13.2. The maximum Gasteiger partial charge on any atom is 0.256 e. The highest BCUT2D eigenvalue weighted by Crippen LogP contribution is 2.21. The van der Waals surface area contributed by atoms with E-state index >= 15 is 0 Å². The molecular formula is C22H24N6O2. The lowest BCUT2D eigenvalue weighted by Crippen LogP contribution is -2.38. The summed E-state index contributed by atoms with van der Waals surface area (Å²) in [6.07, 6.45) is 1.76. The molecule has 0 fully saturated rings. The van der Waals surface area contributed by atoms with Crippen LogP contribution in [-0.4, -0.2) is 38.0 Å². The standard InChI is InChI=1S/C22H24N6O2/c1-16(29)24-14-18-12-19-15-27(10-11-28(19)26-18)22(30)20-7-2-3-8-21(20)25-13-17-6-4-5-9-23-17/h2-9,12,25H,10-11,13-15H2,1H3,(H,24,29). The molecule has 154 valence electrons. The van der Waals surface area contributed by atoms with Gasteiger partial charge in [0.1, 0.15) is 0 Å². The molecule has 2 N–H and O–H groups in total. The number of amides is 2. The number of hydrogen-bond acceptors (Lipinski definition) is 5. The number of fused-ring (bicyclic) bond motifs is 1. The van der Waals surface area contributed by atoms with Gasteiger partial charge in [-0.05, 0) is 30.3 Å². The highest BCUT2D eigenvalue weighted by Gasteiger charge is 2.24. The average molecular weight is 404 g/mol. The predicted molar refractivity (Wildman–Crippen MR) is 112 cm³/mol. The first-order valence-corrected chi connectivity index (χ1v) is 9.92. The number of para-hydroxylation sites is 1. The molecule has 0 spiro atoms. The molecule has 1 aliphatic heterocycles. The van der Waals surface area contributed by atoms with Crippen LogP contribution in [0.5, 0.6) is 0 Å². The number of nitrogens with one attached hydrogen (secondary N) is 2. The third-order valence-corrected chi connectivity index (χ3v) is 5.00.